The summed E-state index contributed by atoms with van der Waals surface area (Å²) in [6.45, 7) is 0. The maximum Gasteiger partial charge on any atom is 0.296 e. The number of hydrogen-bond donors (Lipinski definition) is 1. The smallest absolute Gasteiger partial charge is 0.296 e. The van der Waals surface area contributed by atoms with Gasteiger partial charge in [-0.1, -0.05) is 29.5 Å². The minimum atomic E-state index is -1.06. The van der Waals surface area contributed by atoms with E-state index in [-0.39, 0.29) is 16.4 Å². The van der Waals surface area contributed by atoms with Crippen LogP contribution in [0.2, 0.25) is 0 Å². The summed E-state index contributed by atoms with van der Waals surface area (Å²) in [4.78, 5) is 37.9. The summed E-state index contributed by atoms with van der Waals surface area (Å²) in [5, 5.41) is 31.1. The Morgan fingerprint density at radius 3 is 2.71 bits per heavy atom. The molecule has 3 heterocycles. The second-order valence-corrected chi connectivity index (χ2v) is 7.48. The lowest BCUT2D eigenvalue weighted by atomic mass is 9.95. The molecule has 1 N–H and O–H groups in total. The van der Waals surface area contributed by atoms with Crippen molar-refractivity contribution in [3.8, 4) is 0 Å². The summed E-state index contributed by atoms with van der Waals surface area (Å²) in [5.41, 5.74) is 1.37. The minimum Gasteiger partial charge on any atom is -0.503 e. The number of nitro groups is 1. The number of amides is 1. The van der Waals surface area contributed by atoms with Crippen molar-refractivity contribution in [3.63, 3.8) is 0 Å². The number of thiophene rings is 1. The highest BCUT2D eigenvalue weighted by molar-refractivity contribution is 7.13. The van der Waals surface area contributed by atoms with Crippen molar-refractivity contribution in [2.24, 2.45) is 0 Å². The molecule has 1 amide bonds. The average Bonchev–Trinajstić information content (AvgIpc) is 3.43. The topological polar surface area (TPSA) is 127 Å². The van der Waals surface area contributed by atoms with Gasteiger partial charge in [0.15, 0.2) is 5.76 Å². The van der Waals surface area contributed by atoms with Crippen molar-refractivity contribution in [1.82, 2.24) is 10.2 Å². The first-order valence-corrected chi connectivity index (χ1v) is 9.60. The second kappa shape index (κ2) is 6.94. The molecule has 0 aliphatic carbocycles. The summed E-state index contributed by atoms with van der Waals surface area (Å²) in [6.07, 6.45) is 0. The van der Waals surface area contributed by atoms with Crippen molar-refractivity contribution < 1.29 is 19.6 Å². The first kappa shape index (κ1) is 17.9. The Kier molecular flexibility index (Phi) is 4.45. The van der Waals surface area contributed by atoms with Crippen LogP contribution in [0.3, 0.4) is 0 Å². The van der Waals surface area contributed by atoms with Crippen LogP contribution >= 0.6 is 22.7 Å². The molecule has 28 heavy (non-hydrogen) atoms. The van der Waals surface area contributed by atoms with Crippen LogP contribution in [0.5, 0.6) is 0 Å². The summed E-state index contributed by atoms with van der Waals surface area (Å²) >= 11 is 2.22. The van der Waals surface area contributed by atoms with Gasteiger partial charge in [-0.25, -0.2) is 0 Å². The van der Waals surface area contributed by atoms with Crippen molar-refractivity contribution >= 4 is 45.2 Å². The minimum absolute atomic E-state index is 0.150. The Morgan fingerprint density at radius 2 is 2.07 bits per heavy atom. The van der Waals surface area contributed by atoms with E-state index < -0.39 is 28.4 Å². The Hall–Kier alpha value is -3.44. The molecule has 1 aliphatic heterocycles. The average molecular weight is 414 g/mol. The van der Waals surface area contributed by atoms with Crippen LogP contribution in [0.15, 0.2) is 58.6 Å². The van der Waals surface area contributed by atoms with E-state index in [9.17, 15) is 24.8 Å². The van der Waals surface area contributed by atoms with E-state index in [1.54, 1.807) is 23.6 Å². The van der Waals surface area contributed by atoms with Crippen LogP contribution in [0, 0.1) is 10.1 Å². The number of aliphatic hydroxyl groups excluding tert-OH is 1. The molecule has 11 heteroatoms. The number of hydrogen-bond acceptors (Lipinski definition) is 9. The van der Waals surface area contributed by atoms with Gasteiger partial charge in [-0.05, 0) is 17.0 Å². The van der Waals surface area contributed by atoms with Gasteiger partial charge in [0.05, 0.1) is 21.4 Å². The zero-order valence-corrected chi connectivity index (χ0v) is 15.5. The summed E-state index contributed by atoms with van der Waals surface area (Å²) < 4.78 is 0. The van der Waals surface area contributed by atoms with E-state index >= 15 is 0 Å². The lowest BCUT2D eigenvalue weighted by Crippen LogP contribution is -2.31. The van der Waals surface area contributed by atoms with E-state index in [1.807, 2.05) is 0 Å². The maximum atomic E-state index is 13.0. The van der Waals surface area contributed by atoms with Gasteiger partial charge in [0.1, 0.15) is 5.51 Å². The van der Waals surface area contributed by atoms with E-state index in [2.05, 4.69) is 10.2 Å². The zero-order chi connectivity index (χ0) is 19.8. The van der Waals surface area contributed by atoms with Gasteiger partial charge in [0.2, 0.25) is 10.9 Å². The molecule has 0 saturated carbocycles. The molecule has 0 saturated heterocycles. The molecular formula is C17H10N4O5S2. The Morgan fingerprint density at radius 1 is 1.25 bits per heavy atom. The molecule has 140 valence electrons. The fourth-order valence-electron chi connectivity index (χ4n) is 2.97. The van der Waals surface area contributed by atoms with Crippen LogP contribution in [0.1, 0.15) is 21.3 Å². The number of anilines is 1. The van der Waals surface area contributed by atoms with E-state index in [4.69, 9.17) is 0 Å². The molecule has 0 spiro atoms. The van der Waals surface area contributed by atoms with Gasteiger partial charge in [0, 0.05) is 12.1 Å². The predicted molar refractivity (Wildman–Crippen MR) is 102 cm³/mol. The molecule has 1 aromatic carbocycles. The van der Waals surface area contributed by atoms with Crippen LogP contribution in [0.25, 0.3) is 0 Å². The van der Waals surface area contributed by atoms with Gasteiger partial charge in [-0.3, -0.25) is 24.6 Å². The van der Waals surface area contributed by atoms with E-state index in [0.29, 0.717) is 10.4 Å². The molecule has 0 fully saturated rings. The van der Waals surface area contributed by atoms with Gasteiger partial charge < -0.3 is 5.11 Å². The molecular weight excluding hydrogens is 404 g/mol. The van der Waals surface area contributed by atoms with Gasteiger partial charge >= 0.3 is 0 Å². The number of carbonyl (C=O) groups excluding carboxylic acids is 2. The van der Waals surface area contributed by atoms with Crippen molar-refractivity contribution in [2.45, 2.75) is 6.04 Å². The lowest BCUT2D eigenvalue weighted by Gasteiger charge is -2.23. The molecule has 9 nitrogen and oxygen atoms in total. The number of nitrogens with zero attached hydrogens (tertiary/aromatic N) is 4. The number of aliphatic hydroxyl groups is 1. The number of benzene rings is 1. The summed E-state index contributed by atoms with van der Waals surface area (Å²) in [7, 11) is 0. The Bertz CT molecular complexity index is 1110. The van der Waals surface area contributed by atoms with Gasteiger partial charge in [0.25, 0.3) is 11.6 Å². The summed E-state index contributed by atoms with van der Waals surface area (Å²) in [6, 6.07) is 7.78. The third-order valence-electron chi connectivity index (χ3n) is 4.15. The number of nitro benzene ring substituents is 1. The highest BCUT2D eigenvalue weighted by Crippen LogP contribution is 2.43. The molecule has 1 aliphatic rings. The van der Waals surface area contributed by atoms with Crippen molar-refractivity contribution in [3.05, 3.63) is 79.2 Å². The fourth-order valence-corrected chi connectivity index (χ4v) is 4.23. The molecule has 3 aromatic rings. The molecule has 0 bridgehead atoms. The highest BCUT2D eigenvalue weighted by atomic mass is 32.1. The standard InChI is InChI=1S/C17H10N4O5S2/c22-14(11-5-2-6-27-11)12-13(9-3-1-4-10(7-9)21(25)26)20(16(24)15(12)23)17-19-18-8-28-17/h1-8,13,23H. The van der Waals surface area contributed by atoms with Crippen molar-refractivity contribution in [1.29, 1.82) is 0 Å². The first-order chi connectivity index (χ1) is 13.5. The number of Topliss-reactive ketones (excluding diaryl/α,β-unsaturated/α-hetero) is 1. The third-order valence-corrected chi connectivity index (χ3v) is 5.71. The highest BCUT2D eigenvalue weighted by Gasteiger charge is 2.46. The predicted octanol–water partition coefficient (Wildman–Crippen LogP) is 3.29. The molecule has 1 atom stereocenters. The number of carbonyl (C=O) groups is 2. The van der Waals surface area contributed by atoms with E-state index in [0.717, 1.165) is 16.2 Å². The molecule has 0 radical (unpaired) electrons. The molecule has 4 rings (SSSR count). The van der Waals surface area contributed by atoms with Crippen molar-refractivity contribution in [2.75, 3.05) is 4.90 Å². The summed E-state index contributed by atoms with van der Waals surface area (Å²) in [5.74, 6) is -2.04. The first-order valence-electron chi connectivity index (χ1n) is 7.84. The largest absolute Gasteiger partial charge is 0.503 e. The molecule has 2 aromatic heterocycles. The lowest BCUT2D eigenvalue weighted by molar-refractivity contribution is -0.384. The third kappa shape index (κ3) is 2.86. The normalized spacial score (nSPS) is 16.6. The van der Waals surface area contributed by atoms with Crippen LogP contribution in [-0.2, 0) is 4.79 Å². The van der Waals surface area contributed by atoms with Gasteiger partial charge in [-0.15, -0.1) is 21.5 Å². The van der Waals surface area contributed by atoms with Crippen LogP contribution in [0.4, 0.5) is 10.8 Å². The van der Waals surface area contributed by atoms with Crippen LogP contribution in [-0.4, -0.2) is 31.9 Å². The zero-order valence-electron chi connectivity index (χ0n) is 13.9. The Balaban J connectivity index is 1.90. The van der Waals surface area contributed by atoms with Crippen LogP contribution < -0.4 is 4.90 Å². The number of rotatable bonds is 5. The number of ketones is 1. The molecule has 1 unspecified atom stereocenters. The second-order valence-electron chi connectivity index (χ2n) is 5.72. The Labute approximate surface area is 165 Å². The maximum absolute atomic E-state index is 13.0. The quantitative estimate of drug-likeness (QED) is 0.385. The van der Waals surface area contributed by atoms with E-state index in [1.165, 1.54) is 35.0 Å². The SMILES string of the molecule is O=C(C1=C(O)C(=O)N(c2nncs2)C1c1cccc([N+](=O)[O-])c1)c1cccs1. The monoisotopic (exact) mass is 414 g/mol. The fraction of sp³-hybridized carbons (Fsp3) is 0.0588. The number of aromatic nitrogens is 2. The van der Waals surface area contributed by atoms with Gasteiger partial charge in [-0.2, -0.15) is 0 Å². The number of non-ortho nitro benzene ring substituents is 1.